The fourth-order valence-corrected chi connectivity index (χ4v) is 11.2. The number of unbranched alkanes of at least 4 members (excludes halogenated alkanes) is 53. The van der Waals surface area contributed by atoms with Crippen LogP contribution in [0.4, 0.5) is 0 Å². The highest BCUT2D eigenvalue weighted by atomic mass is 16.5. The Hall–Kier alpha value is -1.40. The molecule has 0 aliphatic rings. The Morgan fingerprint density at radius 2 is 0.618 bits per heavy atom. The minimum absolute atomic E-state index is 0.0130. The molecule has 0 aliphatic carbocycles. The van der Waals surface area contributed by atoms with Gasteiger partial charge in [0.15, 0.2) is 0 Å². The van der Waals surface area contributed by atoms with Crippen LogP contribution in [0.25, 0.3) is 0 Å². The molecule has 0 aliphatic heterocycles. The largest absolute Gasteiger partial charge is 0.466 e. The van der Waals surface area contributed by atoms with Crippen molar-refractivity contribution in [2.24, 2.45) is 0 Å². The molecule has 0 aromatic carbocycles. The van der Waals surface area contributed by atoms with Gasteiger partial charge in [0.2, 0.25) is 5.91 Å². The quantitative estimate of drug-likeness (QED) is 0.0320. The van der Waals surface area contributed by atoms with E-state index in [0.29, 0.717) is 25.9 Å². The number of carbonyl (C=O) groups excluding carboxylic acids is 2. The van der Waals surface area contributed by atoms with Gasteiger partial charge in [0, 0.05) is 12.8 Å². The zero-order valence-corrected chi connectivity index (χ0v) is 51.8. The molecular weight excluding hydrogens is 935 g/mol. The third-order valence-corrected chi connectivity index (χ3v) is 16.6. The van der Waals surface area contributed by atoms with Crippen LogP contribution in [0.2, 0.25) is 0 Å². The van der Waals surface area contributed by atoms with E-state index in [-0.39, 0.29) is 18.5 Å². The lowest BCUT2D eigenvalue weighted by atomic mass is 10.0. The predicted octanol–water partition coefficient (Wildman–Crippen LogP) is 22.4. The molecule has 0 saturated heterocycles. The van der Waals surface area contributed by atoms with E-state index in [9.17, 15) is 19.8 Å². The van der Waals surface area contributed by atoms with E-state index in [1.807, 2.05) is 0 Å². The average molecular weight is 1070 g/mol. The fraction of sp³-hybridized carbons (Fsp3) is 0.943. The highest BCUT2D eigenvalue weighted by molar-refractivity contribution is 5.76. The summed E-state index contributed by atoms with van der Waals surface area (Å²) in [6.07, 6.45) is 81.0. The Kier molecular flexibility index (Phi) is 64.9. The fourth-order valence-electron chi connectivity index (χ4n) is 11.2. The third-order valence-electron chi connectivity index (χ3n) is 16.6. The van der Waals surface area contributed by atoms with Crippen molar-refractivity contribution >= 4 is 11.9 Å². The summed E-state index contributed by atoms with van der Waals surface area (Å²) in [5.74, 6) is -0.0249. The molecule has 0 aromatic rings. The van der Waals surface area contributed by atoms with Crippen molar-refractivity contribution in [1.29, 1.82) is 0 Å². The summed E-state index contributed by atoms with van der Waals surface area (Å²) in [6, 6.07) is -0.548. The number of allylic oxidation sites excluding steroid dienone is 2. The lowest BCUT2D eigenvalue weighted by Gasteiger charge is -2.22. The number of amides is 1. The Morgan fingerprint density at radius 1 is 0.355 bits per heavy atom. The SMILES string of the molecule is CCCCCCCCCCCCCCCCCCCCCCCCC(O)C(CO)NC(=O)CCCCCCCCC/C=C\CCCCCCCCCCCCOC(=O)CCCCCCCCCCCCCCCCCC. The van der Waals surface area contributed by atoms with Gasteiger partial charge < -0.3 is 20.3 Å². The van der Waals surface area contributed by atoms with Crippen LogP contribution in [0.5, 0.6) is 0 Å². The van der Waals surface area contributed by atoms with Gasteiger partial charge in [-0.25, -0.2) is 0 Å². The summed E-state index contributed by atoms with van der Waals surface area (Å²) in [4.78, 5) is 24.6. The molecule has 0 aromatic heterocycles. The number of carbonyl (C=O) groups is 2. The standard InChI is InChI=1S/C70H137NO5/c1-3-5-7-9-11-13-15-17-19-21-22-23-25-28-31-34-38-42-46-50-54-58-62-68(73)67(66-72)71-69(74)63-59-55-51-47-43-39-35-32-29-26-24-27-30-33-37-41-45-49-53-57-61-65-76-70(75)64-60-56-52-48-44-40-36-20-18-16-14-12-10-8-6-4-2/h26,29,67-68,72-73H,3-25,27-28,30-66H2,1-2H3,(H,71,74)/b29-26-. The van der Waals surface area contributed by atoms with Crippen LogP contribution < -0.4 is 5.32 Å². The van der Waals surface area contributed by atoms with Crippen molar-refractivity contribution in [3.05, 3.63) is 12.2 Å². The molecule has 2 unspecified atom stereocenters. The van der Waals surface area contributed by atoms with Crippen molar-refractivity contribution in [2.75, 3.05) is 13.2 Å². The number of hydrogen-bond acceptors (Lipinski definition) is 5. The van der Waals surface area contributed by atoms with Crippen molar-refractivity contribution in [1.82, 2.24) is 5.32 Å². The summed E-state index contributed by atoms with van der Waals surface area (Å²) in [5, 5.41) is 23.4. The maximum absolute atomic E-state index is 12.5. The molecule has 6 nitrogen and oxygen atoms in total. The Bertz CT molecular complexity index is 1140. The minimum Gasteiger partial charge on any atom is -0.466 e. The Morgan fingerprint density at radius 3 is 0.934 bits per heavy atom. The monoisotopic (exact) mass is 1070 g/mol. The van der Waals surface area contributed by atoms with Gasteiger partial charge in [-0.2, -0.15) is 0 Å². The number of esters is 1. The van der Waals surface area contributed by atoms with Gasteiger partial charge in [0.25, 0.3) is 0 Å². The first-order valence-corrected chi connectivity index (χ1v) is 34.9. The number of ether oxygens (including phenoxy) is 1. The van der Waals surface area contributed by atoms with Crippen molar-refractivity contribution in [2.45, 2.75) is 411 Å². The van der Waals surface area contributed by atoms with Crippen LogP contribution in [0.3, 0.4) is 0 Å². The van der Waals surface area contributed by atoms with Gasteiger partial charge in [0.1, 0.15) is 0 Å². The second kappa shape index (κ2) is 66.1. The van der Waals surface area contributed by atoms with Crippen LogP contribution in [-0.4, -0.2) is 47.4 Å². The second-order valence-corrected chi connectivity index (χ2v) is 24.2. The van der Waals surface area contributed by atoms with E-state index in [1.54, 1.807) is 0 Å². The van der Waals surface area contributed by atoms with E-state index >= 15 is 0 Å². The van der Waals surface area contributed by atoms with E-state index < -0.39 is 12.1 Å². The lowest BCUT2D eigenvalue weighted by molar-refractivity contribution is -0.143. The van der Waals surface area contributed by atoms with Crippen molar-refractivity contribution < 1.29 is 24.5 Å². The van der Waals surface area contributed by atoms with Gasteiger partial charge in [0.05, 0.1) is 25.4 Å². The summed E-state index contributed by atoms with van der Waals surface area (Å²) in [5.41, 5.74) is 0. The smallest absolute Gasteiger partial charge is 0.305 e. The van der Waals surface area contributed by atoms with Crippen LogP contribution in [0.15, 0.2) is 12.2 Å². The molecule has 0 fully saturated rings. The molecule has 6 heteroatoms. The maximum atomic E-state index is 12.5. The first kappa shape index (κ1) is 74.6. The van der Waals surface area contributed by atoms with Gasteiger partial charge in [-0.15, -0.1) is 0 Å². The van der Waals surface area contributed by atoms with Crippen molar-refractivity contribution in [3.8, 4) is 0 Å². The highest BCUT2D eigenvalue weighted by Gasteiger charge is 2.20. The van der Waals surface area contributed by atoms with E-state index in [2.05, 4.69) is 31.3 Å². The molecule has 3 N–H and O–H groups in total. The number of aliphatic hydroxyl groups is 2. The number of nitrogens with one attached hydrogen (secondary N) is 1. The molecule has 0 spiro atoms. The molecule has 76 heavy (non-hydrogen) atoms. The molecule has 0 heterocycles. The van der Waals surface area contributed by atoms with E-state index in [1.165, 1.54) is 327 Å². The third kappa shape index (κ3) is 61.8. The normalized spacial score (nSPS) is 12.5. The maximum Gasteiger partial charge on any atom is 0.305 e. The predicted molar refractivity (Wildman–Crippen MR) is 333 cm³/mol. The molecule has 0 rings (SSSR count). The summed E-state index contributed by atoms with van der Waals surface area (Å²) >= 11 is 0. The summed E-state index contributed by atoms with van der Waals surface area (Å²) in [6.45, 7) is 4.99. The van der Waals surface area contributed by atoms with Crippen LogP contribution in [-0.2, 0) is 14.3 Å². The zero-order chi connectivity index (χ0) is 55.0. The molecule has 0 bridgehead atoms. The molecule has 2 atom stereocenters. The topological polar surface area (TPSA) is 95.9 Å². The van der Waals surface area contributed by atoms with E-state index in [0.717, 1.165) is 38.5 Å². The number of aliphatic hydroxyl groups excluding tert-OH is 2. The van der Waals surface area contributed by atoms with Crippen molar-refractivity contribution in [3.63, 3.8) is 0 Å². The number of hydrogen-bond donors (Lipinski definition) is 3. The Labute approximate surface area is 476 Å². The first-order chi connectivity index (χ1) is 37.5. The summed E-state index contributed by atoms with van der Waals surface area (Å²) < 4.78 is 5.50. The van der Waals surface area contributed by atoms with Gasteiger partial charge in [-0.3, -0.25) is 9.59 Å². The average Bonchev–Trinajstić information content (AvgIpc) is 3.42. The molecule has 1 amide bonds. The molecule has 0 radical (unpaired) electrons. The molecule has 0 saturated carbocycles. The van der Waals surface area contributed by atoms with Crippen LogP contribution >= 0.6 is 0 Å². The number of rotatable bonds is 66. The van der Waals surface area contributed by atoms with Crippen LogP contribution in [0, 0.1) is 0 Å². The van der Waals surface area contributed by atoms with Crippen LogP contribution in [0.1, 0.15) is 399 Å². The Balaban J connectivity index is 3.40. The van der Waals surface area contributed by atoms with Gasteiger partial charge in [-0.1, -0.05) is 347 Å². The van der Waals surface area contributed by atoms with E-state index in [4.69, 9.17) is 4.74 Å². The van der Waals surface area contributed by atoms with Gasteiger partial charge >= 0.3 is 5.97 Å². The molecule has 452 valence electrons. The second-order valence-electron chi connectivity index (χ2n) is 24.2. The highest BCUT2D eigenvalue weighted by Crippen LogP contribution is 2.19. The lowest BCUT2D eigenvalue weighted by Crippen LogP contribution is -2.45. The zero-order valence-electron chi connectivity index (χ0n) is 51.8. The minimum atomic E-state index is -0.670. The first-order valence-electron chi connectivity index (χ1n) is 34.9. The van der Waals surface area contributed by atoms with Gasteiger partial charge in [-0.05, 0) is 51.4 Å². The summed E-state index contributed by atoms with van der Waals surface area (Å²) in [7, 11) is 0. The molecular formula is C70H137NO5.